The standard InChI is InChI=1S/C51H60N8O8S/c1-33-31-58(47-27-35-16-21-52-48(35)54-50(47)67-33)45-28-37(10-12-42(45)49(60)55-68(63,64)39-11-13-43(46(29-39)59(61)62)53-30-38-32-65-25-26-66-38)56-23-19-51(20-24-56)17-14-36(15-18-51)57-22-4-7-44(57)41-6-3-2-5-40(41)34-8-9-34/h2-3,5-6,10-13,16,21,27-29,33-34,36,38,44,53H,4,7-9,14-15,17-20,22-26,30-32H2,1H3,(H,52,54)(H,55,60)/t33-,38+,44?/m1/s1. The molecule has 4 aliphatic heterocycles. The second-order valence-corrected chi connectivity index (χ2v) is 21.5. The first kappa shape index (κ1) is 44.7. The predicted octanol–water partition coefficient (Wildman–Crippen LogP) is 8.58. The molecule has 1 unspecified atom stereocenters. The number of carbonyl (C=O) groups excluding carboxylic acids is 1. The highest BCUT2D eigenvalue weighted by molar-refractivity contribution is 7.90. The first-order valence-corrected chi connectivity index (χ1v) is 25.9. The molecule has 68 heavy (non-hydrogen) atoms. The van der Waals surface area contributed by atoms with E-state index in [2.05, 4.69) is 49.1 Å². The highest BCUT2D eigenvalue weighted by atomic mass is 32.2. The zero-order valence-corrected chi connectivity index (χ0v) is 39.3. The van der Waals surface area contributed by atoms with Gasteiger partial charge in [-0.2, -0.15) is 4.98 Å². The quantitative estimate of drug-likeness (QED) is 0.0799. The number of fused-ring (bicyclic) bond motifs is 2. The topological polar surface area (TPSA) is 185 Å². The minimum absolute atomic E-state index is 0.120. The molecular weight excluding hydrogens is 885 g/mol. The summed E-state index contributed by atoms with van der Waals surface area (Å²) in [6.45, 7) is 6.69. The van der Waals surface area contributed by atoms with Gasteiger partial charge in [-0.15, -0.1) is 0 Å². The molecule has 3 N–H and O–H groups in total. The van der Waals surface area contributed by atoms with Gasteiger partial charge in [0, 0.05) is 55.1 Å². The molecule has 17 heteroatoms. The number of likely N-dealkylation sites (tertiary alicyclic amines) is 1. The molecule has 2 aliphatic carbocycles. The smallest absolute Gasteiger partial charge is 0.293 e. The number of aromatic nitrogens is 2. The van der Waals surface area contributed by atoms with E-state index in [1.165, 1.54) is 70.0 Å². The van der Waals surface area contributed by atoms with Crippen molar-refractivity contribution in [2.24, 2.45) is 5.41 Å². The van der Waals surface area contributed by atoms with Crippen LogP contribution >= 0.6 is 0 Å². The van der Waals surface area contributed by atoms with Crippen molar-refractivity contribution in [3.8, 4) is 5.88 Å². The Hall–Kier alpha value is -5.75. The fraction of sp³-hybridized carbons (Fsp3) is 0.490. The number of anilines is 4. The molecule has 6 heterocycles. The number of rotatable bonds is 12. The Morgan fingerprint density at radius 2 is 1.74 bits per heavy atom. The fourth-order valence-corrected chi connectivity index (χ4v) is 12.7. The lowest BCUT2D eigenvalue weighted by Gasteiger charge is -2.48. The van der Waals surface area contributed by atoms with Crippen LogP contribution in [0.2, 0.25) is 0 Å². The maximum atomic E-state index is 14.4. The Kier molecular flexibility index (Phi) is 12.0. The van der Waals surface area contributed by atoms with Crippen LogP contribution in [0.4, 0.5) is 28.4 Å². The van der Waals surface area contributed by atoms with Crippen LogP contribution in [0.5, 0.6) is 5.88 Å². The summed E-state index contributed by atoms with van der Waals surface area (Å²) in [6, 6.07) is 23.4. The number of pyridine rings is 1. The highest BCUT2D eigenvalue weighted by Crippen LogP contribution is 2.51. The van der Waals surface area contributed by atoms with Crippen molar-refractivity contribution in [1.29, 1.82) is 0 Å². The zero-order valence-electron chi connectivity index (χ0n) is 38.5. The fourth-order valence-electron chi connectivity index (χ4n) is 11.7. The highest BCUT2D eigenvalue weighted by Gasteiger charge is 2.43. The maximum absolute atomic E-state index is 14.4. The lowest BCUT2D eigenvalue weighted by atomic mass is 9.66. The Balaban J connectivity index is 0.828. The van der Waals surface area contributed by atoms with Crippen molar-refractivity contribution in [3.63, 3.8) is 0 Å². The maximum Gasteiger partial charge on any atom is 0.293 e. The molecule has 5 aromatic rings. The number of nitro groups is 1. The molecule has 11 rings (SSSR count). The molecule has 3 atom stereocenters. The van der Waals surface area contributed by atoms with Crippen molar-refractivity contribution in [2.45, 2.75) is 106 Å². The SMILES string of the molecule is C[C@@H]1CN(c2cc(N3CCC4(CCC(N5CCCC5c5ccccc5C5CC5)CC4)CC3)ccc2C(=O)NS(=O)(=O)c2ccc(NC[C@H]3COCCO3)c([N+](=O)[O-])c2)c2cc3cc[nH]c3nc2O1. The number of nitrogens with zero attached hydrogens (tertiary/aromatic N) is 5. The monoisotopic (exact) mass is 944 g/mol. The summed E-state index contributed by atoms with van der Waals surface area (Å²) < 4.78 is 47.5. The number of ether oxygens (including phenoxy) is 3. The number of amides is 1. The van der Waals surface area contributed by atoms with Crippen LogP contribution in [0, 0.1) is 15.5 Å². The van der Waals surface area contributed by atoms with Crippen LogP contribution in [-0.4, -0.2) is 105 Å². The number of nitro benzene ring substituents is 1. The second-order valence-electron chi connectivity index (χ2n) is 19.8. The van der Waals surface area contributed by atoms with Crippen molar-refractivity contribution >= 4 is 55.4 Å². The number of benzene rings is 3. The molecule has 2 saturated carbocycles. The summed E-state index contributed by atoms with van der Waals surface area (Å²) in [7, 11) is -4.58. The zero-order chi connectivity index (χ0) is 46.6. The summed E-state index contributed by atoms with van der Waals surface area (Å²) in [5.74, 6) is 0.284. The largest absolute Gasteiger partial charge is 0.471 e. The predicted molar refractivity (Wildman–Crippen MR) is 260 cm³/mol. The normalized spacial score (nSPS) is 23.3. The number of hydrogen-bond donors (Lipinski definition) is 3. The third-order valence-electron chi connectivity index (χ3n) is 15.5. The van der Waals surface area contributed by atoms with E-state index in [9.17, 15) is 23.3 Å². The van der Waals surface area contributed by atoms with Crippen molar-refractivity contribution in [3.05, 3.63) is 106 Å². The van der Waals surface area contributed by atoms with Crippen molar-refractivity contribution < 1.29 is 32.3 Å². The molecule has 6 aliphatic rings. The third-order valence-corrected chi connectivity index (χ3v) is 16.8. The van der Waals surface area contributed by atoms with Gasteiger partial charge in [0.25, 0.3) is 21.6 Å². The van der Waals surface area contributed by atoms with Gasteiger partial charge in [0.1, 0.15) is 23.1 Å². The Bertz CT molecular complexity index is 2810. The molecule has 16 nitrogen and oxygen atoms in total. The summed E-state index contributed by atoms with van der Waals surface area (Å²) in [5, 5.41) is 16.1. The molecule has 1 spiro atoms. The van der Waals surface area contributed by atoms with Crippen LogP contribution in [0.1, 0.15) is 105 Å². The second kappa shape index (κ2) is 18.3. The third kappa shape index (κ3) is 8.89. The van der Waals surface area contributed by atoms with Gasteiger partial charge in [0.2, 0.25) is 5.88 Å². The van der Waals surface area contributed by atoms with Gasteiger partial charge in [-0.05, 0) is 143 Å². The molecule has 0 bridgehead atoms. The van der Waals surface area contributed by atoms with Gasteiger partial charge < -0.3 is 34.3 Å². The molecule has 1 amide bonds. The molecule has 2 aromatic heterocycles. The number of sulfonamides is 1. The van der Waals surface area contributed by atoms with E-state index in [1.807, 2.05) is 42.3 Å². The Morgan fingerprint density at radius 1 is 0.926 bits per heavy atom. The first-order valence-electron chi connectivity index (χ1n) is 24.5. The van der Waals surface area contributed by atoms with Gasteiger partial charge in [-0.1, -0.05) is 24.3 Å². The molecule has 358 valence electrons. The average molecular weight is 945 g/mol. The summed E-state index contributed by atoms with van der Waals surface area (Å²) >= 11 is 0. The van der Waals surface area contributed by atoms with Crippen LogP contribution in [0.15, 0.2) is 83.9 Å². The van der Waals surface area contributed by atoms with E-state index < -0.39 is 31.4 Å². The number of carbonyl (C=O) groups is 1. The Morgan fingerprint density at radius 3 is 2.50 bits per heavy atom. The van der Waals surface area contributed by atoms with Crippen LogP contribution in [0.3, 0.4) is 0 Å². The van der Waals surface area contributed by atoms with Crippen molar-refractivity contribution in [1.82, 2.24) is 19.6 Å². The van der Waals surface area contributed by atoms with Crippen LogP contribution in [0.25, 0.3) is 11.0 Å². The van der Waals surface area contributed by atoms with E-state index in [0.29, 0.717) is 66.8 Å². The molecule has 3 saturated heterocycles. The lowest BCUT2D eigenvalue weighted by Crippen LogP contribution is -2.46. The van der Waals surface area contributed by atoms with Crippen molar-refractivity contribution in [2.75, 3.05) is 67.7 Å². The lowest BCUT2D eigenvalue weighted by molar-refractivity contribution is -0.384. The van der Waals surface area contributed by atoms with E-state index in [0.717, 1.165) is 49.0 Å². The van der Waals surface area contributed by atoms with Gasteiger partial charge >= 0.3 is 0 Å². The summed E-state index contributed by atoms with van der Waals surface area (Å²) in [5.41, 5.74) is 6.03. The van der Waals surface area contributed by atoms with E-state index in [-0.39, 0.29) is 30.0 Å². The number of nitrogens with one attached hydrogen (secondary N) is 3. The average Bonchev–Trinajstić information content (AvgIpc) is 3.90. The van der Waals surface area contributed by atoms with Gasteiger partial charge in [-0.25, -0.2) is 13.1 Å². The molecule has 5 fully saturated rings. The summed E-state index contributed by atoms with van der Waals surface area (Å²) in [4.78, 5) is 40.7. The first-order chi connectivity index (χ1) is 33.0. The van der Waals surface area contributed by atoms with Crippen LogP contribution in [-0.2, 0) is 19.5 Å². The van der Waals surface area contributed by atoms with Crippen LogP contribution < -0.4 is 24.6 Å². The number of piperidine rings is 1. The number of H-pyrrole nitrogens is 1. The number of aromatic amines is 1. The molecular formula is C51H60N8O8S. The van der Waals surface area contributed by atoms with Gasteiger partial charge in [0.15, 0.2) is 0 Å². The van der Waals surface area contributed by atoms with E-state index in [4.69, 9.17) is 19.2 Å². The minimum atomic E-state index is -4.58. The number of hydrogen-bond acceptors (Lipinski definition) is 13. The van der Waals surface area contributed by atoms with Gasteiger partial charge in [-0.3, -0.25) is 19.8 Å². The minimum Gasteiger partial charge on any atom is -0.471 e. The van der Waals surface area contributed by atoms with Gasteiger partial charge in [0.05, 0.1) is 53.5 Å². The Labute approximate surface area is 396 Å². The van der Waals surface area contributed by atoms with E-state index >= 15 is 0 Å². The van der Waals surface area contributed by atoms with E-state index in [1.54, 1.807) is 17.2 Å². The molecule has 0 radical (unpaired) electrons. The summed E-state index contributed by atoms with van der Waals surface area (Å²) in [6.07, 6.45) is 13.4. The molecule has 3 aromatic carbocycles.